The zero-order chi connectivity index (χ0) is 18.4. The van der Waals surface area contributed by atoms with Crippen molar-refractivity contribution in [3.63, 3.8) is 0 Å². The van der Waals surface area contributed by atoms with Gasteiger partial charge in [0.05, 0.1) is 0 Å². The van der Waals surface area contributed by atoms with Gasteiger partial charge in [-0.3, -0.25) is 10.1 Å². The molecule has 7 heteroatoms. The Bertz CT molecular complexity index is 778. The predicted octanol–water partition coefficient (Wildman–Crippen LogP) is 3.52. The number of thiophene rings is 1. The van der Waals surface area contributed by atoms with E-state index in [4.69, 9.17) is 4.74 Å². The smallest absolute Gasteiger partial charge is 0.348 e. The van der Waals surface area contributed by atoms with Crippen LogP contribution in [0.15, 0.2) is 36.4 Å². The average Bonchev–Trinajstić information content (AvgIpc) is 2.91. The Hall–Kier alpha value is -2.67. The van der Waals surface area contributed by atoms with Crippen molar-refractivity contribution in [2.45, 2.75) is 32.1 Å². The van der Waals surface area contributed by atoms with Crippen LogP contribution in [0.2, 0.25) is 0 Å². The molecule has 0 fully saturated rings. The zero-order valence-electron chi connectivity index (χ0n) is 14.2. The SMILES string of the molecule is O=C(COC(=O)c1cc2c(s1)CCCCC2)NC(=O)Nc1ccccc1. The van der Waals surface area contributed by atoms with Crippen molar-refractivity contribution in [2.24, 2.45) is 0 Å². The van der Waals surface area contributed by atoms with Crippen LogP contribution in [0.25, 0.3) is 0 Å². The summed E-state index contributed by atoms with van der Waals surface area (Å²) < 4.78 is 5.03. The van der Waals surface area contributed by atoms with Crippen LogP contribution in [-0.4, -0.2) is 24.5 Å². The van der Waals surface area contributed by atoms with Crippen molar-refractivity contribution < 1.29 is 19.1 Å². The van der Waals surface area contributed by atoms with Crippen LogP contribution in [0.3, 0.4) is 0 Å². The number of hydrogen-bond acceptors (Lipinski definition) is 5. The van der Waals surface area contributed by atoms with Gasteiger partial charge in [-0.2, -0.15) is 0 Å². The van der Waals surface area contributed by atoms with Gasteiger partial charge in [-0.15, -0.1) is 11.3 Å². The van der Waals surface area contributed by atoms with Gasteiger partial charge < -0.3 is 10.1 Å². The van der Waals surface area contributed by atoms with Gasteiger partial charge >= 0.3 is 12.0 Å². The summed E-state index contributed by atoms with van der Waals surface area (Å²) in [4.78, 5) is 37.4. The molecule has 0 spiro atoms. The number of para-hydroxylation sites is 1. The van der Waals surface area contributed by atoms with Gasteiger partial charge in [0, 0.05) is 10.6 Å². The monoisotopic (exact) mass is 372 g/mol. The number of carbonyl (C=O) groups is 3. The fourth-order valence-corrected chi connectivity index (χ4v) is 3.96. The van der Waals surface area contributed by atoms with Crippen LogP contribution < -0.4 is 10.6 Å². The number of imide groups is 1. The highest BCUT2D eigenvalue weighted by molar-refractivity contribution is 7.14. The quantitative estimate of drug-likeness (QED) is 0.635. The van der Waals surface area contributed by atoms with E-state index in [0.29, 0.717) is 10.6 Å². The van der Waals surface area contributed by atoms with Crippen molar-refractivity contribution in [1.82, 2.24) is 5.32 Å². The van der Waals surface area contributed by atoms with Crippen LogP contribution in [-0.2, 0) is 22.4 Å². The number of benzene rings is 1. The number of rotatable bonds is 4. The summed E-state index contributed by atoms with van der Waals surface area (Å²) in [7, 11) is 0. The molecule has 2 N–H and O–H groups in total. The first kappa shape index (κ1) is 18.1. The van der Waals surface area contributed by atoms with Crippen LogP contribution in [0.4, 0.5) is 10.5 Å². The van der Waals surface area contributed by atoms with Crippen LogP contribution >= 0.6 is 11.3 Å². The fraction of sp³-hybridized carbons (Fsp3) is 0.316. The van der Waals surface area contributed by atoms with E-state index in [9.17, 15) is 14.4 Å². The van der Waals surface area contributed by atoms with E-state index in [-0.39, 0.29) is 0 Å². The minimum absolute atomic E-state index is 0.496. The van der Waals surface area contributed by atoms with Gasteiger partial charge in [0.2, 0.25) is 0 Å². The Morgan fingerprint density at radius 1 is 1.04 bits per heavy atom. The molecular weight excluding hydrogens is 352 g/mol. The topological polar surface area (TPSA) is 84.5 Å². The van der Waals surface area contributed by atoms with Crippen molar-refractivity contribution in [3.05, 3.63) is 51.7 Å². The first-order valence-corrected chi connectivity index (χ1v) is 9.38. The second-order valence-electron chi connectivity index (χ2n) is 6.06. The van der Waals surface area contributed by atoms with Gasteiger partial charge in [0.25, 0.3) is 5.91 Å². The van der Waals surface area contributed by atoms with E-state index >= 15 is 0 Å². The molecule has 3 amide bonds. The molecule has 0 bridgehead atoms. The van der Waals surface area contributed by atoms with E-state index in [1.807, 2.05) is 12.1 Å². The molecule has 0 atom stereocenters. The van der Waals surface area contributed by atoms with E-state index in [1.165, 1.54) is 28.2 Å². The maximum atomic E-state index is 12.1. The number of esters is 1. The summed E-state index contributed by atoms with van der Waals surface area (Å²) in [6, 6.07) is 9.95. The number of anilines is 1. The number of ether oxygens (including phenoxy) is 1. The summed E-state index contributed by atoms with van der Waals surface area (Å²) in [5, 5.41) is 4.65. The summed E-state index contributed by atoms with van der Waals surface area (Å²) in [5.41, 5.74) is 1.78. The number of carbonyl (C=O) groups excluding carboxylic acids is 3. The second kappa shape index (κ2) is 8.62. The average molecular weight is 372 g/mol. The summed E-state index contributed by atoms with van der Waals surface area (Å²) in [6.45, 7) is -0.496. The van der Waals surface area contributed by atoms with Gasteiger partial charge in [-0.25, -0.2) is 9.59 Å². The molecule has 1 aromatic carbocycles. The van der Waals surface area contributed by atoms with Crippen molar-refractivity contribution in [3.8, 4) is 0 Å². The molecule has 1 heterocycles. The molecular formula is C19H20N2O4S. The maximum Gasteiger partial charge on any atom is 0.348 e. The van der Waals surface area contributed by atoms with Crippen molar-refractivity contribution >= 4 is 34.9 Å². The van der Waals surface area contributed by atoms with Crippen LogP contribution in [0.5, 0.6) is 0 Å². The molecule has 2 aromatic rings. The van der Waals surface area contributed by atoms with E-state index in [1.54, 1.807) is 24.3 Å². The third-order valence-corrected chi connectivity index (χ3v) is 5.28. The minimum Gasteiger partial charge on any atom is -0.451 e. The number of amides is 3. The standard InChI is InChI=1S/C19H20N2O4S/c22-17(21-19(24)20-14-8-4-2-5-9-14)12-25-18(23)16-11-13-7-3-1-6-10-15(13)26-16/h2,4-5,8-9,11H,1,3,6-7,10,12H2,(H2,20,21,22,24). The van der Waals surface area contributed by atoms with Crippen LogP contribution in [0.1, 0.15) is 39.4 Å². The molecule has 0 unspecified atom stereocenters. The lowest BCUT2D eigenvalue weighted by Gasteiger charge is -2.07. The molecule has 1 aliphatic carbocycles. The number of nitrogens with one attached hydrogen (secondary N) is 2. The van der Waals surface area contributed by atoms with Crippen LogP contribution in [0, 0.1) is 0 Å². The summed E-state index contributed by atoms with van der Waals surface area (Å²) in [6.07, 6.45) is 5.47. The van der Waals surface area contributed by atoms with E-state index < -0.39 is 24.5 Å². The fourth-order valence-electron chi connectivity index (χ4n) is 2.82. The number of urea groups is 1. The summed E-state index contributed by atoms with van der Waals surface area (Å²) in [5.74, 6) is -1.20. The highest BCUT2D eigenvalue weighted by Gasteiger charge is 2.18. The lowest BCUT2D eigenvalue weighted by atomic mass is 10.1. The van der Waals surface area contributed by atoms with Crippen molar-refractivity contribution in [1.29, 1.82) is 0 Å². The molecule has 3 rings (SSSR count). The predicted molar refractivity (Wildman–Crippen MR) is 99.5 cm³/mol. The zero-order valence-corrected chi connectivity index (χ0v) is 15.1. The highest BCUT2D eigenvalue weighted by atomic mass is 32.1. The molecule has 6 nitrogen and oxygen atoms in total. The Balaban J connectivity index is 1.46. The molecule has 0 radical (unpaired) electrons. The highest BCUT2D eigenvalue weighted by Crippen LogP contribution is 2.29. The van der Waals surface area contributed by atoms with E-state index in [2.05, 4.69) is 10.6 Å². The minimum atomic E-state index is -0.676. The van der Waals surface area contributed by atoms with Gasteiger partial charge in [-0.1, -0.05) is 24.6 Å². The number of fused-ring (bicyclic) bond motifs is 1. The number of aryl methyl sites for hydroxylation is 2. The third-order valence-electron chi connectivity index (χ3n) is 4.07. The molecule has 1 aromatic heterocycles. The Morgan fingerprint density at radius 3 is 2.62 bits per heavy atom. The second-order valence-corrected chi connectivity index (χ2v) is 7.20. The maximum absolute atomic E-state index is 12.1. The molecule has 0 aliphatic heterocycles. The van der Waals surface area contributed by atoms with E-state index in [0.717, 1.165) is 25.7 Å². The molecule has 136 valence electrons. The Morgan fingerprint density at radius 2 is 1.81 bits per heavy atom. The first-order chi connectivity index (χ1) is 12.6. The normalized spacial score (nSPS) is 13.2. The summed E-state index contributed by atoms with van der Waals surface area (Å²) >= 11 is 1.44. The van der Waals surface area contributed by atoms with Crippen molar-refractivity contribution in [2.75, 3.05) is 11.9 Å². The Kier molecular flexibility index (Phi) is 6.01. The largest absolute Gasteiger partial charge is 0.451 e. The molecule has 0 saturated heterocycles. The number of hydrogen-bond donors (Lipinski definition) is 2. The lowest BCUT2D eigenvalue weighted by molar-refractivity contribution is -0.123. The molecule has 0 saturated carbocycles. The Labute approximate surface area is 155 Å². The molecule has 26 heavy (non-hydrogen) atoms. The van der Waals surface area contributed by atoms with Gasteiger partial charge in [-0.05, 0) is 49.4 Å². The van der Waals surface area contributed by atoms with Gasteiger partial charge in [0.15, 0.2) is 6.61 Å². The molecule has 1 aliphatic rings. The lowest BCUT2D eigenvalue weighted by Crippen LogP contribution is -2.37. The first-order valence-electron chi connectivity index (χ1n) is 8.56. The van der Waals surface area contributed by atoms with Gasteiger partial charge in [0.1, 0.15) is 4.88 Å². The third kappa shape index (κ3) is 4.92.